The van der Waals surface area contributed by atoms with Gasteiger partial charge in [0.15, 0.2) is 23.0 Å². The van der Waals surface area contributed by atoms with Crippen LogP contribution >= 0.6 is 15.9 Å². The summed E-state index contributed by atoms with van der Waals surface area (Å²) in [7, 11) is 3.24. The van der Waals surface area contributed by atoms with Crippen LogP contribution in [0.5, 0.6) is 11.5 Å². The van der Waals surface area contributed by atoms with Crippen molar-refractivity contribution < 1.29 is 9.47 Å². The maximum atomic E-state index is 5.36. The highest BCUT2D eigenvalue weighted by atomic mass is 79.9. The number of nitrogens with one attached hydrogen (secondary N) is 2. The molecule has 130 valence electrons. The Morgan fingerprint density at radius 2 is 1.96 bits per heavy atom. The third-order valence-corrected chi connectivity index (χ3v) is 4.56. The Balaban J connectivity index is 1.70. The van der Waals surface area contributed by atoms with Crippen molar-refractivity contribution in [2.45, 2.75) is 18.9 Å². The second kappa shape index (κ2) is 6.44. The molecule has 2 aromatic heterocycles. The fourth-order valence-electron chi connectivity index (χ4n) is 2.62. The highest BCUT2D eigenvalue weighted by Gasteiger charge is 2.23. The fourth-order valence-corrected chi connectivity index (χ4v) is 2.97. The molecule has 3 aromatic rings. The molecule has 2 heterocycles. The van der Waals surface area contributed by atoms with Crippen LogP contribution in [0, 0.1) is 0 Å². The van der Waals surface area contributed by atoms with E-state index < -0.39 is 0 Å². The lowest BCUT2D eigenvalue weighted by molar-refractivity contribution is 0.355. The van der Waals surface area contributed by atoms with Crippen molar-refractivity contribution in [1.82, 2.24) is 14.6 Å². The number of hydrogen-bond donors (Lipinski definition) is 2. The highest BCUT2D eigenvalue weighted by Crippen LogP contribution is 2.33. The summed E-state index contributed by atoms with van der Waals surface area (Å²) in [6.45, 7) is 0. The second-order valence-corrected chi connectivity index (χ2v) is 6.69. The maximum absolute atomic E-state index is 5.36. The van der Waals surface area contributed by atoms with Gasteiger partial charge in [0.05, 0.1) is 26.1 Å². The molecule has 4 rings (SSSR count). The van der Waals surface area contributed by atoms with E-state index in [1.165, 1.54) is 12.8 Å². The zero-order valence-electron chi connectivity index (χ0n) is 13.9. The number of fused-ring (bicyclic) bond motifs is 1. The first-order valence-electron chi connectivity index (χ1n) is 7.98. The van der Waals surface area contributed by atoms with Crippen molar-refractivity contribution in [1.29, 1.82) is 0 Å². The Hall–Kier alpha value is -2.48. The van der Waals surface area contributed by atoms with Crippen LogP contribution in [0.25, 0.3) is 5.65 Å². The van der Waals surface area contributed by atoms with Gasteiger partial charge in [0.2, 0.25) is 0 Å². The standard InChI is InChI=1S/C17H18BrN5O2/c1-24-13-6-5-11(7-14(13)25-2)21-16-8-12(20-10-3-4-10)17-19-9-15(18)23(17)22-16/h5-10,20H,3-4H2,1-2H3,(H,21,22). The lowest BCUT2D eigenvalue weighted by Gasteiger charge is -2.13. The quantitative estimate of drug-likeness (QED) is 0.651. The average molecular weight is 404 g/mol. The molecule has 7 nitrogen and oxygen atoms in total. The van der Waals surface area contributed by atoms with E-state index in [0.29, 0.717) is 23.4 Å². The van der Waals surface area contributed by atoms with Gasteiger partial charge < -0.3 is 20.1 Å². The second-order valence-electron chi connectivity index (χ2n) is 5.87. The number of rotatable bonds is 6. The zero-order chi connectivity index (χ0) is 17.4. The molecule has 8 heteroatoms. The van der Waals surface area contributed by atoms with Crippen LogP contribution in [0.1, 0.15) is 12.8 Å². The summed E-state index contributed by atoms with van der Waals surface area (Å²) in [4.78, 5) is 4.42. The van der Waals surface area contributed by atoms with E-state index >= 15 is 0 Å². The van der Waals surface area contributed by atoms with Gasteiger partial charge in [0.1, 0.15) is 4.60 Å². The van der Waals surface area contributed by atoms with E-state index in [0.717, 1.165) is 21.6 Å². The van der Waals surface area contributed by atoms with Crippen LogP contribution in [0.3, 0.4) is 0 Å². The minimum Gasteiger partial charge on any atom is -0.493 e. The predicted octanol–water partition coefficient (Wildman–Crippen LogP) is 3.83. The van der Waals surface area contributed by atoms with Gasteiger partial charge in [-0.25, -0.2) is 9.50 Å². The molecule has 1 saturated carbocycles. The van der Waals surface area contributed by atoms with Crippen LogP contribution in [-0.4, -0.2) is 34.9 Å². The van der Waals surface area contributed by atoms with E-state index in [1.807, 2.05) is 24.3 Å². The molecule has 25 heavy (non-hydrogen) atoms. The van der Waals surface area contributed by atoms with E-state index in [1.54, 1.807) is 24.9 Å². The van der Waals surface area contributed by atoms with Crippen molar-refractivity contribution in [3.05, 3.63) is 35.1 Å². The predicted molar refractivity (Wildman–Crippen MR) is 100 cm³/mol. The van der Waals surface area contributed by atoms with Gasteiger partial charge >= 0.3 is 0 Å². The molecule has 1 aliphatic rings. The van der Waals surface area contributed by atoms with Crippen LogP contribution in [0.15, 0.2) is 35.1 Å². The molecule has 0 spiro atoms. The van der Waals surface area contributed by atoms with E-state index in [4.69, 9.17) is 9.47 Å². The number of benzene rings is 1. The number of halogens is 1. The largest absolute Gasteiger partial charge is 0.493 e. The fraction of sp³-hybridized carbons (Fsp3) is 0.294. The van der Waals surface area contributed by atoms with Crippen LogP contribution in [0.2, 0.25) is 0 Å². The van der Waals surface area contributed by atoms with Gasteiger partial charge in [0, 0.05) is 23.9 Å². The molecule has 0 bridgehead atoms. The summed E-state index contributed by atoms with van der Waals surface area (Å²) in [6.07, 6.45) is 4.13. The monoisotopic (exact) mass is 403 g/mol. The summed E-state index contributed by atoms with van der Waals surface area (Å²) >= 11 is 3.49. The Labute approximate surface area is 153 Å². The topological polar surface area (TPSA) is 72.7 Å². The summed E-state index contributed by atoms with van der Waals surface area (Å²) in [5.74, 6) is 2.06. The molecule has 0 saturated heterocycles. The average Bonchev–Trinajstić information content (AvgIpc) is 3.36. The normalized spacial score (nSPS) is 13.7. The van der Waals surface area contributed by atoms with Crippen LogP contribution in [-0.2, 0) is 0 Å². The third-order valence-electron chi connectivity index (χ3n) is 4.02. The molecule has 0 unspecified atom stereocenters. The first-order valence-corrected chi connectivity index (χ1v) is 8.77. The highest BCUT2D eigenvalue weighted by molar-refractivity contribution is 9.10. The van der Waals surface area contributed by atoms with Crippen molar-refractivity contribution in [2.24, 2.45) is 0 Å². The van der Waals surface area contributed by atoms with Gasteiger partial charge in [-0.1, -0.05) is 0 Å². The Bertz CT molecular complexity index is 923. The van der Waals surface area contributed by atoms with Crippen molar-refractivity contribution in [3.8, 4) is 11.5 Å². The number of imidazole rings is 1. The molecular weight excluding hydrogens is 386 g/mol. The number of anilines is 3. The molecule has 1 aliphatic carbocycles. The van der Waals surface area contributed by atoms with Gasteiger partial charge in [-0.05, 0) is 40.9 Å². The van der Waals surface area contributed by atoms with Gasteiger partial charge in [0.25, 0.3) is 0 Å². The minimum absolute atomic E-state index is 0.524. The molecule has 0 amide bonds. The Morgan fingerprint density at radius 3 is 2.68 bits per heavy atom. The zero-order valence-corrected chi connectivity index (χ0v) is 15.5. The van der Waals surface area contributed by atoms with Crippen molar-refractivity contribution in [3.63, 3.8) is 0 Å². The first kappa shape index (κ1) is 16.0. The van der Waals surface area contributed by atoms with Crippen LogP contribution in [0.4, 0.5) is 17.2 Å². The number of ether oxygens (including phenoxy) is 2. The molecule has 0 radical (unpaired) electrons. The van der Waals surface area contributed by atoms with Gasteiger partial charge in [-0.2, -0.15) is 0 Å². The van der Waals surface area contributed by atoms with Crippen molar-refractivity contribution >= 4 is 38.8 Å². The van der Waals surface area contributed by atoms with Gasteiger partial charge in [-0.3, -0.25) is 0 Å². The number of methoxy groups -OCH3 is 2. The Kier molecular flexibility index (Phi) is 4.12. The lowest BCUT2D eigenvalue weighted by atomic mass is 10.2. The summed E-state index contributed by atoms with van der Waals surface area (Å²) in [6, 6.07) is 8.15. The van der Waals surface area contributed by atoms with Crippen molar-refractivity contribution in [2.75, 3.05) is 24.9 Å². The molecule has 1 fully saturated rings. The van der Waals surface area contributed by atoms with E-state index in [2.05, 4.69) is 36.6 Å². The van der Waals surface area contributed by atoms with Crippen LogP contribution < -0.4 is 20.1 Å². The first-order chi connectivity index (χ1) is 12.2. The van der Waals surface area contributed by atoms with Gasteiger partial charge in [-0.15, -0.1) is 5.10 Å². The minimum atomic E-state index is 0.524. The molecular formula is C17H18BrN5O2. The SMILES string of the molecule is COc1ccc(Nc2cc(NC3CC3)c3ncc(Br)n3n2)cc1OC. The summed E-state index contributed by atoms with van der Waals surface area (Å²) in [5, 5.41) is 11.4. The maximum Gasteiger partial charge on any atom is 0.178 e. The smallest absolute Gasteiger partial charge is 0.178 e. The summed E-state index contributed by atoms with van der Waals surface area (Å²) < 4.78 is 13.2. The molecule has 2 N–H and O–H groups in total. The number of hydrogen-bond acceptors (Lipinski definition) is 6. The number of nitrogens with zero attached hydrogens (tertiary/aromatic N) is 3. The number of aromatic nitrogens is 3. The Morgan fingerprint density at radius 1 is 1.16 bits per heavy atom. The van der Waals surface area contributed by atoms with E-state index in [9.17, 15) is 0 Å². The molecule has 0 atom stereocenters. The van der Waals surface area contributed by atoms with E-state index in [-0.39, 0.29) is 0 Å². The third kappa shape index (κ3) is 3.21. The lowest BCUT2D eigenvalue weighted by Crippen LogP contribution is -2.07. The molecule has 0 aliphatic heterocycles. The molecule has 1 aromatic carbocycles. The summed E-state index contributed by atoms with van der Waals surface area (Å²) in [5.41, 5.74) is 2.63.